The second-order valence-electron chi connectivity index (χ2n) is 5.03. The van der Waals surface area contributed by atoms with Crippen LogP contribution in [-0.2, 0) is 0 Å². The molecule has 2 aromatic rings. The van der Waals surface area contributed by atoms with E-state index >= 15 is 0 Å². The fraction of sp³-hybridized carbons (Fsp3) is 0.400. The summed E-state index contributed by atoms with van der Waals surface area (Å²) in [5.74, 6) is 0. The topological polar surface area (TPSA) is 41.9 Å². The first kappa shape index (κ1) is 12.2. The first-order valence-corrected chi connectivity index (χ1v) is 6.99. The quantitative estimate of drug-likeness (QED) is 0.883. The van der Waals surface area contributed by atoms with Crippen LogP contribution in [0.1, 0.15) is 19.3 Å². The number of anilines is 1. The molecule has 1 unspecified atom stereocenters. The van der Waals surface area contributed by atoms with Gasteiger partial charge in [-0.25, -0.2) is 4.68 Å². The highest BCUT2D eigenvalue weighted by molar-refractivity contribution is 5.50. The molecular weight excluding hydrogens is 236 g/mol. The van der Waals surface area contributed by atoms with E-state index in [1.807, 2.05) is 16.9 Å². The van der Waals surface area contributed by atoms with Gasteiger partial charge in [0.1, 0.15) is 0 Å². The molecule has 1 aliphatic heterocycles. The Morgan fingerprint density at radius 2 is 2.32 bits per heavy atom. The molecule has 0 saturated carbocycles. The van der Waals surface area contributed by atoms with Crippen molar-refractivity contribution in [2.75, 3.05) is 18.4 Å². The molecule has 1 aromatic heterocycles. The molecule has 4 heteroatoms. The van der Waals surface area contributed by atoms with Gasteiger partial charge >= 0.3 is 0 Å². The first-order valence-electron chi connectivity index (χ1n) is 6.99. The van der Waals surface area contributed by atoms with Crippen LogP contribution in [0.2, 0.25) is 0 Å². The third-order valence-corrected chi connectivity index (χ3v) is 3.58. The van der Waals surface area contributed by atoms with Crippen LogP contribution in [0.25, 0.3) is 5.69 Å². The fourth-order valence-corrected chi connectivity index (χ4v) is 2.52. The highest BCUT2D eigenvalue weighted by atomic mass is 15.3. The van der Waals surface area contributed by atoms with Gasteiger partial charge in [0, 0.05) is 30.7 Å². The zero-order chi connectivity index (χ0) is 12.9. The van der Waals surface area contributed by atoms with Gasteiger partial charge in [0.25, 0.3) is 0 Å². The lowest BCUT2D eigenvalue weighted by atomic mass is 10.1. The third-order valence-electron chi connectivity index (χ3n) is 3.58. The maximum atomic E-state index is 4.25. The minimum Gasteiger partial charge on any atom is -0.383 e. The number of aromatic nitrogens is 2. The van der Waals surface area contributed by atoms with Crippen molar-refractivity contribution in [3.63, 3.8) is 0 Å². The molecule has 4 nitrogen and oxygen atoms in total. The van der Waals surface area contributed by atoms with Gasteiger partial charge in [-0.05, 0) is 43.7 Å². The molecular formula is C15H20N4. The molecule has 2 heterocycles. The molecule has 1 aromatic carbocycles. The van der Waals surface area contributed by atoms with Gasteiger partial charge in [0.05, 0.1) is 5.69 Å². The van der Waals surface area contributed by atoms with Crippen molar-refractivity contribution in [1.29, 1.82) is 0 Å². The Morgan fingerprint density at radius 3 is 3.11 bits per heavy atom. The van der Waals surface area contributed by atoms with Crippen LogP contribution in [0, 0.1) is 0 Å². The molecule has 1 atom stereocenters. The number of piperidine rings is 1. The molecule has 1 fully saturated rings. The van der Waals surface area contributed by atoms with Crippen molar-refractivity contribution in [3.05, 3.63) is 42.7 Å². The van der Waals surface area contributed by atoms with E-state index in [0.29, 0.717) is 6.04 Å². The summed E-state index contributed by atoms with van der Waals surface area (Å²) in [5, 5.41) is 11.3. The average molecular weight is 256 g/mol. The minimum atomic E-state index is 0.599. The molecule has 0 amide bonds. The smallest absolute Gasteiger partial charge is 0.0666 e. The maximum absolute atomic E-state index is 4.25. The van der Waals surface area contributed by atoms with Crippen LogP contribution in [0.4, 0.5) is 5.69 Å². The Balaban J connectivity index is 1.63. The number of hydrogen-bond acceptors (Lipinski definition) is 3. The molecule has 0 spiro atoms. The van der Waals surface area contributed by atoms with Crippen molar-refractivity contribution in [2.24, 2.45) is 0 Å². The molecule has 100 valence electrons. The van der Waals surface area contributed by atoms with E-state index in [9.17, 15) is 0 Å². The number of rotatable bonds is 4. The van der Waals surface area contributed by atoms with Crippen LogP contribution in [-0.4, -0.2) is 28.9 Å². The predicted molar refractivity (Wildman–Crippen MR) is 77.7 cm³/mol. The molecule has 1 aliphatic rings. The van der Waals surface area contributed by atoms with Crippen molar-refractivity contribution in [3.8, 4) is 5.69 Å². The van der Waals surface area contributed by atoms with Gasteiger partial charge in [0.15, 0.2) is 0 Å². The van der Waals surface area contributed by atoms with Gasteiger partial charge in [-0.1, -0.05) is 12.5 Å². The van der Waals surface area contributed by atoms with Crippen LogP contribution in [0.5, 0.6) is 0 Å². The lowest BCUT2D eigenvalue weighted by Crippen LogP contribution is -2.39. The van der Waals surface area contributed by atoms with Crippen molar-refractivity contribution >= 4 is 5.69 Å². The molecule has 0 bridgehead atoms. The van der Waals surface area contributed by atoms with Crippen LogP contribution in [0.3, 0.4) is 0 Å². The summed E-state index contributed by atoms with van der Waals surface area (Å²) in [5.41, 5.74) is 2.24. The summed E-state index contributed by atoms with van der Waals surface area (Å²) < 4.78 is 1.88. The molecule has 3 rings (SSSR count). The minimum absolute atomic E-state index is 0.599. The van der Waals surface area contributed by atoms with E-state index in [1.54, 1.807) is 6.20 Å². The number of nitrogens with one attached hydrogen (secondary N) is 2. The molecule has 19 heavy (non-hydrogen) atoms. The van der Waals surface area contributed by atoms with Crippen LogP contribution in [0.15, 0.2) is 42.7 Å². The largest absolute Gasteiger partial charge is 0.383 e. The summed E-state index contributed by atoms with van der Waals surface area (Å²) in [6.07, 6.45) is 7.68. The Hall–Kier alpha value is -1.81. The van der Waals surface area contributed by atoms with Crippen molar-refractivity contribution in [2.45, 2.75) is 25.3 Å². The van der Waals surface area contributed by atoms with E-state index in [4.69, 9.17) is 0 Å². The molecule has 0 radical (unpaired) electrons. The maximum Gasteiger partial charge on any atom is 0.0666 e. The predicted octanol–water partition coefficient (Wildman–Crippen LogP) is 2.43. The summed E-state index contributed by atoms with van der Waals surface area (Å²) >= 11 is 0. The van der Waals surface area contributed by atoms with E-state index in [1.165, 1.54) is 19.3 Å². The van der Waals surface area contributed by atoms with Crippen LogP contribution < -0.4 is 10.6 Å². The average Bonchev–Trinajstić information content (AvgIpc) is 3.01. The van der Waals surface area contributed by atoms with E-state index in [0.717, 1.165) is 24.5 Å². The van der Waals surface area contributed by atoms with Crippen molar-refractivity contribution in [1.82, 2.24) is 15.1 Å². The number of hydrogen-bond donors (Lipinski definition) is 2. The summed E-state index contributed by atoms with van der Waals surface area (Å²) in [6, 6.07) is 10.9. The van der Waals surface area contributed by atoms with Crippen molar-refractivity contribution < 1.29 is 0 Å². The van der Waals surface area contributed by atoms with Gasteiger partial charge in [0.2, 0.25) is 0 Å². The SMILES string of the molecule is c1cc(NCC2CCCCN2)cc(-n2cccn2)c1. The second kappa shape index (κ2) is 5.89. The normalized spacial score (nSPS) is 19.3. The molecule has 0 aliphatic carbocycles. The standard InChI is InChI=1S/C15H20N4/c1-2-8-16-14(5-1)12-17-13-6-3-7-15(11-13)19-10-4-9-18-19/h3-4,6-7,9-11,14,16-17H,1-2,5,8,12H2. The number of nitrogens with zero attached hydrogens (tertiary/aromatic N) is 2. The lowest BCUT2D eigenvalue weighted by molar-refractivity contribution is 0.414. The Kier molecular flexibility index (Phi) is 3.79. The van der Waals surface area contributed by atoms with Gasteiger partial charge in [-0.3, -0.25) is 0 Å². The van der Waals surface area contributed by atoms with Gasteiger partial charge in [-0.2, -0.15) is 5.10 Å². The zero-order valence-electron chi connectivity index (χ0n) is 11.0. The fourth-order valence-electron chi connectivity index (χ4n) is 2.52. The first-order chi connectivity index (χ1) is 9.42. The Bertz CT molecular complexity index is 501. The second-order valence-corrected chi connectivity index (χ2v) is 5.03. The third kappa shape index (κ3) is 3.15. The molecule has 1 saturated heterocycles. The van der Waals surface area contributed by atoms with Crippen LogP contribution >= 0.6 is 0 Å². The summed E-state index contributed by atoms with van der Waals surface area (Å²) in [7, 11) is 0. The monoisotopic (exact) mass is 256 g/mol. The van der Waals surface area contributed by atoms with E-state index in [-0.39, 0.29) is 0 Å². The Morgan fingerprint density at radius 1 is 1.32 bits per heavy atom. The van der Waals surface area contributed by atoms with E-state index in [2.05, 4.69) is 40.0 Å². The lowest BCUT2D eigenvalue weighted by Gasteiger charge is -2.24. The highest BCUT2D eigenvalue weighted by Gasteiger charge is 2.11. The van der Waals surface area contributed by atoms with Gasteiger partial charge < -0.3 is 10.6 Å². The van der Waals surface area contributed by atoms with Gasteiger partial charge in [-0.15, -0.1) is 0 Å². The van der Waals surface area contributed by atoms with E-state index < -0.39 is 0 Å². The number of benzene rings is 1. The molecule has 2 N–H and O–H groups in total. The highest BCUT2D eigenvalue weighted by Crippen LogP contribution is 2.15. The summed E-state index contributed by atoms with van der Waals surface area (Å²) in [6.45, 7) is 2.14. The zero-order valence-corrected chi connectivity index (χ0v) is 11.0. The Labute approximate surface area is 113 Å². The summed E-state index contributed by atoms with van der Waals surface area (Å²) in [4.78, 5) is 0.